The lowest BCUT2D eigenvalue weighted by molar-refractivity contribution is -0.124. The molecule has 1 unspecified atom stereocenters. The summed E-state index contributed by atoms with van der Waals surface area (Å²) >= 11 is 3.20. The minimum absolute atomic E-state index is 0.0346. The van der Waals surface area contributed by atoms with E-state index in [0.29, 0.717) is 17.4 Å². The van der Waals surface area contributed by atoms with E-state index < -0.39 is 18.0 Å². The number of aromatic carboxylic acids is 1. The third-order valence-electron chi connectivity index (χ3n) is 3.07. The molecule has 1 saturated heterocycles. The third-order valence-corrected chi connectivity index (χ3v) is 3.73. The minimum atomic E-state index is -1.15. The number of anilines is 1. The van der Waals surface area contributed by atoms with Crippen LogP contribution in [0.25, 0.3) is 0 Å². The van der Waals surface area contributed by atoms with Gasteiger partial charge in [0.15, 0.2) is 0 Å². The maximum atomic E-state index is 11.9. The molecule has 0 spiro atoms. The standard InChI is InChI=1S/C13H14BrN3O4/c14-8-4-1-3-7(12(19)20)10(8)17-13(21)16-9-5-2-6-15-11(9)18/h1,3-4,9H,2,5-6H2,(H,15,18)(H,19,20)(H2,16,17,21). The van der Waals surface area contributed by atoms with E-state index in [-0.39, 0.29) is 17.2 Å². The van der Waals surface area contributed by atoms with Crippen molar-refractivity contribution in [1.82, 2.24) is 10.6 Å². The second kappa shape index (κ2) is 6.57. The van der Waals surface area contributed by atoms with E-state index in [1.54, 1.807) is 12.1 Å². The zero-order valence-corrected chi connectivity index (χ0v) is 12.6. The number of halogens is 1. The number of carboxylic acids is 1. The van der Waals surface area contributed by atoms with Gasteiger partial charge in [0, 0.05) is 11.0 Å². The van der Waals surface area contributed by atoms with Gasteiger partial charge in [-0.05, 0) is 40.9 Å². The fourth-order valence-corrected chi connectivity index (χ4v) is 2.51. The molecule has 1 aliphatic heterocycles. The smallest absolute Gasteiger partial charge is 0.337 e. The van der Waals surface area contributed by atoms with Gasteiger partial charge in [-0.25, -0.2) is 9.59 Å². The second-order valence-electron chi connectivity index (χ2n) is 4.55. The van der Waals surface area contributed by atoms with Gasteiger partial charge < -0.3 is 21.1 Å². The molecule has 1 aromatic carbocycles. The molecule has 0 saturated carbocycles. The number of nitrogens with one attached hydrogen (secondary N) is 3. The van der Waals surface area contributed by atoms with Crippen LogP contribution in [0.15, 0.2) is 22.7 Å². The number of amides is 3. The van der Waals surface area contributed by atoms with Crippen LogP contribution in [0.4, 0.5) is 10.5 Å². The van der Waals surface area contributed by atoms with Gasteiger partial charge in [-0.3, -0.25) is 4.79 Å². The molecule has 112 valence electrons. The molecular formula is C13H14BrN3O4. The Bertz CT molecular complexity index is 591. The second-order valence-corrected chi connectivity index (χ2v) is 5.41. The Kier molecular flexibility index (Phi) is 4.79. The number of rotatable bonds is 3. The van der Waals surface area contributed by atoms with Crippen molar-refractivity contribution in [2.75, 3.05) is 11.9 Å². The molecule has 4 N–H and O–H groups in total. The number of carbonyl (C=O) groups excluding carboxylic acids is 2. The van der Waals surface area contributed by atoms with Crippen molar-refractivity contribution in [2.45, 2.75) is 18.9 Å². The van der Waals surface area contributed by atoms with Crippen LogP contribution in [-0.2, 0) is 4.79 Å². The van der Waals surface area contributed by atoms with Crippen molar-refractivity contribution in [3.8, 4) is 0 Å². The number of hydrogen-bond acceptors (Lipinski definition) is 3. The van der Waals surface area contributed by atoms with Crippen molar-refractivity contribution in [3.05, 3.63) is 28.2 Å². The lowest BCUT2D eigenvalue weighted by atomic mass is 10.1. The van der Waals surface area contributed by atoms with Crippen molar-refractivity contribution in [3.63, 3.8) is 0 Å². The number of carboxylic acid groups (broad SMARTS) is 1. The number of urea groups is 1. The molecule has 1 atom stereocenters. The third kappa shape index (κ3) is 3.72. The molecule has 0 aromatic heterocycles. The number of para-hydroxylation sites is 1. The highest BCUT2D eigenvalue weighted by atomic mass is 79.9. The van der Waals surface area contributed by atoms with Crippen LogP contribution >= 0.6 is 15.9 Å². The SMILES string of the molecule is O=C(Nc1c(Br)cccc1C(=O)O)NC1CCCNC1=O. The van der Waals surface area contributed by atoms with Crippen LogP contribution < -0.4 is 16.0 Å². The summed E-state index contributed by atoms with van der Waals surface area (Å²) in [4.78, 5) is 34.6. The van der Waals surface area contributed by atoms with E-state index in [9.17, 15) is 14.4 Å². The van der Waals surface area contributed by atoms with E-state index in [2.05, 4.69) is 31.9 Å². The first-order valence-electron chi connectivity index (χ1n) is 6.36. The summed E-state index contributed by atoms with van der Waals surface area (Å²) in [6.07, 6.45) is 1.34. The highest BCUT2D eigenvalue weighted by Gasteiger charge is 2.24. The van der Waals surface area contributed by atoms with E-state index in [0.717, 1.165) is 6.42 Å². The van der Waals surface area contributed by atoms with E-state index >= 15 is 0 Å². The lowest BCUT2D eigenvalue weighted by Gasteiger charge is -2.23. The average molecular weight is 356 g/mol. The zero-order chi connectivity index (χ0) is 15.4. The monoisotopic (exact) mass is 355 g/mol. The van der Waals surface area contributed by atoms with Crippen molar-refractivity contribution >= 4 is 39.5 Å². The molecule has 0 bridgehead atoms. The number of benzene rings is 1. The Morgan fingerprint density at radius 2 is 2.14 bits per heavy atom. The first kappa shape index (κ1) is 15.3. The number of carbonyl (C=O) groups is 3. The van der Waals surface area contributed by atoms with Crippen molar-refractivity contribution in [1.29, 1.82) is 0 Å². The van der Waals surface area contributed by atoms with Gasteiger partial charge in [0.1, 0.15) is 6.04 Å². The molecule has 0 aliphatic carbocycles. The largest absolute Gasteiger partial charge is 0.478 e. The van der Waals surface area contributed by atoms with Crippen LogP contribution in [0, 0.1) is 0 Å². The Hall–Kier alpha value is -2.09. The van der Waals surface area contributed by atoms with Crippen molar-refractivity contribution in [2.24, 2.45) is 0 Å². The fraction of sp³-hybridized carbons (Fsp3) is 0.308. The summed E-state index contributed by atoms with van der Waals surface area (Å²) in [7, 11) is 0. The average Bonchev–Trinajstić information content (AvgIpc) is 2.43. The number of hydrogen-bond donors (Lipinski definition) is 4. The van der Waals surface area contributed by atoms with Crippen molar-refractivity contribution < 1.29 is 19.5 Å². The van der Waals surface area contributed by atoms with Gasteiger partial charge in [-0.15, -0.1) is 0 Å². The number of piperidine rings is 1. The molecule has 8 heteroatoms. The van der Waals surface area contributed by atoms with Crippen LogP contribution in [0.3, 0.4) is 0 Å². The van der Waals surface area contributed by atoms with Crippen LogP contribution in [0.1, 0.15) is 23.2 Å². The summed E-state index contributed by atoms with van der Waals surface area (Å²) in [5, 5.41) is 16.8. The first-order chi connectivity index (χ1) is 9.99. The molecule has 0 radical (unpaired) electrons. The summed E-state index contributed by atoms with van der Waals surface area (Å²) in [5.74, 6) is -1.39. The molecule has 1 fully saturated rings. The zero-order valence-electron chi connectivity index (χ0n) is 11.0. The molecule has 21 heavy (non-hydrogen) atoms. The van der Waals surface area contributed by atoms with Gasteiger partial charge in [-0.2, -0.15) is 0 Å². The predicted molar refractivity (Wildman–Crippen MR) is 79.3 cm³/mol. The summed E-state index contributed by atoms with van der Waals surface area (Å²) < 4.78 is 0.450. The van der Waals surface area contributed by atoms with E-state index in [4.69, 9.17) is 5.11 Å². The van der Waals surface area contributed by atoms with Gasteiger partial charge in [-0.1, -0.05) is 6.07 Å². The Morgan fingerprint density at radius 1 is 1.38 bits per heavy atom. The highest BCUT2D eigenvalue weighted by molar-refractivity contribution is 9.10. The predicted octanol–water partition coefficient (Wildman–Crippen LogP) is 1.55. The maximum absolute atomic E-state index is 11.9. The van der Waals surface area contributed by atoms with E-state index in [1.165, 1.54) is 6.07 Å². The fourth-order valence-electron chi connectivity index (χ4n) is 2.05. The summed E-state index contributed by atoms with van der Waals surface area (Å²) in [5.41, 5.74) is 0.117. The van der Waals surface area contributed by atoms with Crippen LogP contribution in [0.2, 0.25) is 0 Å². The van der Waals surface area contributed by atoms with Crippen LogP contribution in [0.5, 0.6) is 0 Å². The Balaban J connectivity index is 2.09. The molecule has 1 aliphatic rings. The highest BCUT2D eigenvalue weighted by Crippen LogP contribution is 2.26. The van der Waals surface area contributed by atoms with Gasteiger partial charge >= 0.3 is 12.0 Å². The molecular weight excluding hydrogens is 342 g/mol. The summed E-state index contributed by atoms with van der Waals surface area (Å²) in [6, 6.07) is 3.34. The lowest BCUT2D eigenvalue weighted by Crippen LogP contribution is -2.51. The minimum Gasteiger partial charge on any atom is -0.478 e. The van der Waals surface area contributed by atoms with Gasteiger partial charge in [0.05, 0.1) is 11.3 Å². The Labute approximate surface area is 129 Å². The normalized spacial score (nSPS) is 17.8. The Morgan fingerprint density at radius 3 is 2.81 bits per heavy atom. The van der Waals surface area contributed by atoms with Gasteiger partial charge in [0.25, 0.3) is 0 Å². The quantitative estimate of drug-likeness (QED) is 0.659. The van der Waals surface area contributed by atoms with E-state index in [1.807, 2.05) is 0 Å². The molecule has 1 aromatic rings. The van der Waals surface area contributed by atoms with Gasteiger partial charge in [0.2, 0.25) is 5.91 Å². The molecule has 2 rings (SSSR count). The first-order valence-corrected chi connectivity index (χ1v) is 7.15. The van der Waals surface area contributed by atoms with Crippen LogP contribution in [-0.4, -0.2) is 35.6 Å². The topological polar surface area (TPSA) is 108 Å². The molecule has 1 heterocycles. The maximum Gasteiger partial charge on any atom is 0.337 e. The molecule has 3 amide bonds. The summed E-state index contributed by atoms with van der Waals surface area (Å²) in [6.45, 7) is 0.603. The molecule has 7 nitrogen and oxygen atoms in total.